The number of esters is 1. The van der Waals surface area contributed by atoms with Gasteiger partial charge in [-0.3, -0.25) is 4.79 Å². The monoisotopic (exact) mass is 362 g/mol. The maximum absolute atomic E-state index is 12.0. The average molecular weight is 363 g/mol. The lowest BCUT2D eigenvalue weighted by atomic mass is 10.1. The number of carbonyl (C=O) groups excluding carboxylic acids is 2. The van der Waals surface area contributed by atoms with Crippen LogP contribution in [0.3, 0.4) is 0 Å². The molecule has 0 aliphatic rings. The average Bonchev–Trinajstić information content (AvgIpc) is 2.57. The zero-order chi connectivity index (χ0) is 18.4. The summed E-state index contributed by atoms with van der Waals surface area (Å²) in [6.45, 7) is 3.24. The van der Waals surface area contributed by atoms with Crippen molar-refractivity contribution in [2.75, 3.05) is 20.3 Å². The Bertz CT molecular complexity index is 765. The Kier molecular flexibility index (Phi) is 6.42. The third-order valence-electron chi connectivity index (χ3n) is 3.39. The van der Waals surface area contributed by atoms with Crippen LogP contribution in [0.5, 0.6) is 11.5 Å². The minimum atomic E-state index is -0.618. The van der Waals surface area contributed by atoms with E-state index in [-0.39, 0.29) is 19.0 Å². The fourth-order valence-corrected chi connectivity index (χ4v) is 2.53. The second-order valence-electron chi connectivity index (χ2n) is 5.55. The second-order valence-corrected chi connectivity index (χ2v) is 5.95. The van der Waals surface area contributed by atoms with Crippen molar-refractivity contribution < 1.29 is 23.8 Å². The topological polar surface area (TPSA) is 61.8 Å². The van der Waals surface area contributed by atoms with Crippen LogP contribution in [0.15, 0.2) is 36.4 Å². The summed E-state index contributed by atoms with van der Waals surface area (Å²) in [4.78, 5) is 23.8. The number of ketones is 1. The molecule has 0 amide bonds. The van der Waals surface area contributed by atoms with Gasteiger partial charge in [-0.05, 0) is 55.3 Å². The van der Waals surface area contributed by atoms with Gasteiger partial charge < -0.3 is 14.2 Å². The van der Waals surface area contributed by atoms with Crippen molar-refractivity contribution in [3.8, 4) is 11.5 Å². The quantitative estimate of drug-likeness (QED) is 0.554. The Labute approximate surface area is 151 Å². The number of halogens is 1. The Balaban J connectivity index is 1.85. The van der Waals surface area contributed by atoms with E-state index in [2.05, 4.69) is 0 Å². The molecule has 0 atom stereocenters. The molecule has 0 fully saturated rings. The summed E-state index contributed by atoms with van der Waals surface area (Å²) in [6.07, 6.45) is 0. The third-order valence-corrected chi connectivity index (χ3v) is 3.69. The van der Waals surface area contributed by atoms with Crippen LogP contribution < -0.4 is 9.47 Å². The zero-order valence-electron chi connectivity index (χ0n) is 14.3. The van der Waals surface area contributed by atoms with E-state index in [1.54, 1.807) is 12.1 Å². The van der Waals surface area contributed by atoms with Gasteiger partial charge in [0.05, 0.1) is 12.1 Å². The van der Waals surface area contributed by atoms with Crippen LogP contribution in [-0.2, 0) is 9.53 Å². The normalized spacial score (nSPS) is 10.2. The number of rotatable bonds is 7. The molecule has 132 valence electrons. The van der Waals surface area contributed by atoms with Crippen molar-refractivity contribution in [3.05, 3.63) is 58.1 Å². The van der Waals surface area contributed by atoms with Gasteiger partial charge in [0.2, 0.25) is 0 Å². The minimum absolute atomic E-state index is 0.264. The molecule has 5 nitrogen and oxygen atoms in total. The predicted octanol–water partition coefficient (Wildman–Crippen LogP) is 3.77. The summed E-state index contributed by atoms with van der Waals surface area (Å²) in [5.41, 5.74) is 2.42. The lowest BCUT2D eigenvalue weighted by molar-refractivity contribution is -0.144. The number of methoxy groups -OCH3 is 1. The van der Waals surface area contributed by atoms with E-state index in [9.17, 15) is 9.59 Å². The van der Waals surface area contributed by atoms with Crippen molar-refractivity contribution in [1.82, 2.24) is 0 Å². The molecule has 2 rings (SSSR count). The van der Waals surface area contributed by atoms with E-state index in [4.69, 9.17) is 25.8 Å². The first-order valence-electron chi connectivity index (χ1n) is 7.62. The Morgan fingerprint density at radius 3 is 2.28 bits per heavy atom. The van der Waals surface area contributed by atoms with Gasteiger partial charge in [0.1, 0.15) is 11.5 Å². The van der Waals surface area contributed by atoms with Gasteiger partial charge >= 0.3 is 5.97 Å². The predicted molar refractivity (Wildman–Crippen MR) is 94.7 cm³/mol. The molecule has 0 radical (unpaired) electrons. The van der Waals surface area contributed by atoms with E-state index in [1.165, 1.54) is 13.2 Å². The highest BCUT2D eigenvalue weighted by Crippen LogP contribution is 2.25. The first-order chi connectivity index (χ1) is 11.9. The van der Waals surface area contributed by atoms with E-state index < -0.39 is 5.97 Å². The molecule has 0 heterocycles. The molecule has 0 unspecified atom stereocenters. The molecule has 2 aromatic rings. The van der Waals surface area contributed by atoms with Crippen molar-refractivity contribution >= 4 is 23.4 Å². The molecule has 0 saturated heterocycles. The maximum atomic E-state index is 12.0. The van der Waals surface area contributed by atoms with Gasteiger partial charge in [-0.15, -0.1) is 0 Å². The number of carbonyl (C=O) groups is 2. The van der Waals surface area contributed by atoms with Gasteiger partial charge in [-0.1, -0.05) is 17.7 Å². The molecule has 0 spiro atoms. The lowest BCUT2D eigenvalue weighted by Gasteiger charge is -2.09. The minimum Gasteiger partial charge on any atom is -0.495 e. The number of Topliss-reactive ketones (excluding diaryl/α,β-unsaturated/α-hetero) is 1. The standard InChI is InChI=1S/C19H19ClO5/c1-12-6-13(2)8-15(7-12)24-11-19(22)25-10-17(21)14-4-5-18(23-3)16(20)9-14/h4-9H,10-11H2,1-3H3. The number of hydrogen-bond acceptors (Lipinski definition) is 5. The molecule has 25 heavy (non-hydrogen) atoms. The number of hydrogen-bond donors (Lipinski definition) is 0. The molecule has 0 saturated carbocycles. The molecule has 0 aliphatic carbocycles. The van der Waals surface area contributed by atoms with Crippen molar-refractivity contribution in [3.63, 3.8) is 0 Å². The first kappa shape index (κ1) is 18.8. The van der Waals surface area contributed by atoms with Gasteiger partial charge in [0.25, 0.3) is 0 Å². The molecule has 6 heteroatoms. The van der Waals surface area contributed by atoms with Crippen LogP contribution in [0.1, 0.15) is 21.5 Å². The molecule has 0 aliphatic heterocycles. The largest absolute Gasteiger partial charge is 0.495 e. The number of aryl methyl sites for hydroxylation is 2. The van der Waals surface area contributed by atoms with Gasteiger partial charge in [0.15, 0.2) is 19.0 Å². The summed E-state index contributed by atoms with van der Waals surface area (Å²) in [5, 5.41) is 0.317. The SMILES string of the molecule is COc1ccc(C(=O)COC(=O)COc2cc(C)cc(C)c2)cc1Cl. The summed E-state index contributed by atoms with van der Waals surface area (Å²) < 4.78 is 15.4. The highest BCUT2D eigenvalue weighted by Gasteiger charge is 2.13. The fourth-order valence-electron chi connectivity index (χ4n) is 2.27. The fraction of sp³-hybridized carbons (Fsp3) is 0.263. The number of ether oxygens (including phenoxy) is 3. The summed E-state index contributed by atoms with van der Waals surface area (Å²) in [5.74, 6) is 0.0798. The van der Waals surface area contributed by atoms with Crippen LogP contribution in [-0.4, -0.2) is 32.1 Å². The lowest BCUT2D eigenvalue weighted by Crippen LogP contribution is -2.19. The van der Waals surface area contributed by atoms with Gasteiger partial charge in [-0.2, -0.15) is 0 Å². The third kappa shape index (κ3) is 5.50. The van der Waals surface area contributed by atoms with E-state index >= 15 is 0 Å². The molecule has 0 bridgehead atoms. The highest BCUT2D eigenvalue weighted by atomic mass is 35.5. The molecule has 0 aromatic heterocycles. The molecular weight excluding hydrogens is 344 g/mol. The zero-order valence-corrected chi connectivity index (χ0v) is 15.1. The smallest absolute Gasteiger partial charge is 0.344 e. The molecular formula is C19H19ClO5. The van der Waals surface area contributed by atoms with E-state index in [0.29, 0.717) is 22.1 Å². The van der Waals surface area contributed by atoms with Crippen LogP contribution in [0.4, 0.5) is 0 Å². The van der Waals surface area contributed by atoms with E-state index in [0.717, 1.165) is 11.1 Å². The molecule has 2 aromatic carbocycles. The maximum Gasteiger partial charge on any atom is 0.344 e. The van der Waals surface area contributed by atoms with Gasteiger partial charge in [-0.25, -0.2) is 4.79 Å². The Morgan fingerprint density at radius 1 is 1.00 bits per heavy atom. The molecule has 0 N–H and O–H groups in total. The van der Waals surface area contributed by atoms with Crippen LogP contribution in [0, 0.1) is 13.8 Å². The van der Waals surface area contributed by atoms with Crippen molar-refractivity contribution in [2.24, 2.45) is 0 Å². The number of benzene rings is 2. The summed E-state index contributed by atoms with van der Waals surface area (Å²) >= 11 is 5.97. The van der Waals surface area contributed by atoms with Gasteiger partial charge in [0, 0.05) is 5.56 Å². The van der Waals surface area contributed by atoms with Crippen molar-refractivity contribution in [1.29, 1.82) is 0 Å². The Hall–Kier alpha value is -2.53. The first-order valence-corrected chi connectivity index (χ1v) is 8.00. The van der Waals surface area contributed by atoms with Crippen LogP contribution >= 0.6 is 11.6 Å². The van der Waals surface area contributed by atoms with Crippen LogP contribution in [0.25, 0.3) is 0 Å². The summed E-state index contributed by atoms with van der Waals surface area (Å²) in [7, 11) is 1.49. The van der Waals surface area contributed by atoms with Crippen molar-refractivity contribution in [2.45, 2.75) is 13.8 Å². The second kappa shape index (κ2) is 8.53. The highest BCUT2D eigenvalue weighted by molar-refractivity contribution is 6.32. The van der Waals surface area contributed by atoms with Crippen LogP contribution in [0.2, 0.25) is 5.02 Å². The van der Waals surface area contributed by atoms with E-state index in [1.807, 2.05) is 32.0 Å². The Morgan fingerprint density at radius 2 is 1.68 bits per heavy atom. The summed E-state index contributed by atoms with van der Waals surface area (Å²) in [6, 6.07) is 10.3.